The topological polar surface area (TPSA) is 91.5 Å². The molecule has 0 unspecified atom stereocenters. The molecule has 0 bridgehead atoms. The molecule has 1 aliphatic heterocycles. The molecule has 0 saturated carbocycles. The highest BCUT2D eigenvalue weighted by atomic mass is 32.1. The molecule has 0 radical (unpaired) electrons. The molecule has 4 N–H and O–H groups in total. The number of piperidine rings is 1. The van der Waals surface area contributed by atoms with Crippen LogP contribution in [0, 0.1) is 0 Å². The van der Waals surface area contributed by atoms with Crippen LogP contribution in [0.25, 0.3) is 0 Å². The van der Waals surface area contributed by atoms with E-state index >= 15 is 0 Å². The minimum Gasteiger partial charge on any atom is -0.390 e. The summed E-state index contributed by atoms with van der Waals surface area (Å²) in [6, 6.07) is 0.0525. The Morgan fingerprint density at radius 1 is 1.50 bits per heavy atom. The van der Waals surface area contributed by atoms with E-state index in [1.165, 1.54) is 11.5 Å². The van der Waals surface area contributed by atoms with E-state index in [2.05, 4.69) is 14.6 Å². The average Bonchev–Trinajstić information content (AvgIpc) is 2.70. The van der Waals surface area contributed by atoms with E-state index in [0.29, 0.717) is 31.5 Å². The summed E-state index contributed by atoms with van der Waals surface area (Å²) in [5.41, 5.74) is 5.69. The Morgan fingerprint density at radius 3 is 2.65 bits per heavy atom. The number of nitrogens with one attached hydrogen (secondary N) is 1. The highest BCUT2D eigenvalue weighted by Gasteiger charge is 2.31. The maximum Gasteiger partial charge on any atom is 0.258 e. The zero-order valence-corrected chi connectivity index (χ0v) is 13.0. The first-order chi connectivity index (χ1) is 9.30. The molecule has 6 nitrogen and oxygen atoms in total. The summed E-state index contributed by atoms with van der Waals surface area (Å²) in [6.07, 6.45) is 1.35. The number of amides is 1. The summed E-state index contributed by atoms with van der Waals surface area (Å²) in [7, 11) is 0. The summed E-state index contributed by atoms with van der Waals surface area (Å²) in [6.45, 7) is 7.07. The number of hydrogen-bond donors (Lipinski definition) is 3. The van der Waals surface area contributed by atoms with Crippen LogP contribution in [0.4, 0.5) is 10.8 Å². The predicted molar refractivity (Wildman–Crippen MR) is 81.2 cm³/mol. The van der Waals surface area contributed by atoms with Crippen molar-refractivity contribution in [2.45, 2.75) is 45.3 Å². The minimum atomic E-state index is -0.618. The number of aromatic nitrogens is 1. The molecule has 0 atom stereocenters. The summed E-state index contributed by atoms with van der Waals surface area (Å²) < 4.78 is 4.11. The number of nitrogen functional groups attached to an aromatic ring is 1. The Hall–Kier alpha value is -1.34. The number of nitrogens with zero attached hydrogens (tertiary/aromatic N) is 2. The Morgan fingerprint density at radius 2 is 2.10 bits per heavy atom. The molecular weight excluding hydrogens is 276 g/mol. The molecule has 0 aromatic carbocycles. The number of carbonyl (C=O) groups excluding carboxylic acids is 1. The quantitative estimate of drug-likeness (QED) is 0.780. The van der Waals surface area contributed by atoms with Crippen molar-refractivity contribution in [1.82, 2.24) is 9.69 Å². The van der Waals surface area contributed by atoms with Crippen molar-refractivity contribution < 1.29 is 9.90 Å². The van der Waals surface area contributed by atoms with Crippen LogP contribution in [0.5, 0.6) is 0 Å². The molecule has 112 valence electrons. The van der Waals surface area contributed by atoms with E-state index in [9.17, 15) is 9.90 Å². The van der Waals surface area contributed by atoms with Crippen molar-refractivity contribution in [1.29, 1.82) is 0 Å². The molecular formula is C13H22N4O2S. The molecule has 7 heteroatoms. The van der Waals surface area contributed by atoms with Gasteiger partial charge in [0, 0.05) is 19.1 Å². The number of nitrogens with two attached hydrogens (primary N) is 1. The fraction of sp³-hybridized carbons (Fsp3) is 0.692. The zero-order valence-electron chi connectivity index (χ0n) is 12.1. The maximum atomic E-state index is 12.2. The predicted octanol–water partition coefficient (Wildman–Crippen LogP) is 1.21. The molecule has 1 aromatic rings. The van der Waals surface area contributed by atoms with Gasteiger partial charge in [-0.1, -0.05) is 0 Å². The number of carbonyl (C=O) groups is 1. The summed E-state index contributed by atoms with van der Waals surface area (Å²) >= 11 is 1.25. The van der Waals surface area contributed by atoms with Gasteiger partial charge in [-0.3, -0.25) is 4.79 Å². The first-order valence-corrected chi connectivity index (χ1v) is 7.61. The van der Waals surface area contributed by atoms with Crippen LogP contribution in [0.3, 0.4) is 0 Å². The summed E-state index contributed by atoms with van der Waals surface area (Å²) in [5, 5.41) is 13.7. The highest BCUT2D eigenvalue weighted by molar-refractivity contribution is 7.11. The van der Waals surface area contributed by atoms with Crippen molar-refractivity contribution >= 4 is 28.3 Å². The third-order valence-corrected chi connectivity index (χ3v) is 4.40. The maximum absolute atomic E-state index is 12.2. The first-order valence-electron chi connectivity index (χ1n) is 6.83. The Kier molecular flexibility index (Phi) is 4.19. The first kappa shape index (κ1) is 15.1. The van der Waals surface area contributed by atoms with Gasteiger partial charge in [0.15, 0.2) is 5.82 Å². The number of anilines is 2. The van der Waals surface area contributed by atoms with Crippen molar-refractivity contribution in [3.8, 4) is 0 Å². The Bertz CT molecular complexity index is 489. The van der Waals surface area contributed by atoms with E-state index in [1.807, 2.05) is 20.8 Å². The van der Waals surface area contributed by atoms with Crippen molar-refractivity contribution in [2.24, 2.45) is 0 Å². The summed E-state index contributed by atoms with van der Waals surface area (Å²) in [5.74, 6) is 0.0964. The van der Waals surface area contributed by atoms with Gasteiger partial charge in [-0.2, -0.15) is 4.37 Å². The standard InChI is InChI=1S/C13H22N4O2S/c1-8(2)15-11(18)9-10(14)16-20-12(9)17-6-4-13(3,19)5-7-17/h8,19H,4-7H2,1-3H3,(H2,14,16)(H,15,18). The zero-order chi connectivity index (χ0) is 14.9. The van der Waals surface area contributed by atoms with E-state index in [1.54, 1.807) is 0 Å². The lowest BCUT2D eigenvalue weighted by molar-refractivity contribution is 0.0352. The smallest absolute Gasteiger partial charge is 0.258 e. The highest BCUT2D eigenvalue weighted by Crippen LogP contribution is 2.34. The fourth-order valence-corrected chi connectivity index (χ4v) is 3.11. The van der Waals surface area contributed by atoms with Crippen LogP contribution in [0.2, 0.25) is 0 Å². The number of rotatable bonds is 3. The lowest BCUT2D eigenvalue weighted by Crippen LogP contribution is -2.43. The van der Waals surface area contributed by atoms with E-state index in [0.717, 1.165) is 5.00 Å². The second-order valence-electron chi connectivity index (χ2n) is 5.86. The van der Waals surface area contributed by atoms with Gasteiger partial charge in [-0.15, -0.1) is 0 Å². The van der Waals surface area contributed by atoms with E-state index in [4.69, 9.17) is 5.73 Å². The molecule has 0 spiro atoms. The lowest BCUT2D eigenvalue weighted by atomic mass is 9.94. The molecule has 1 aromatic heterocycles. The van der Waals surface area contributed by atoms with E-state index in [-0.39, 0.29) is 17.8 Å². The van der Waals surface area contributed by atoms with Crippen LogP contribution >= 0.6 is 11.5 Å². The fourth-order valence-electron chi connectivity index (χ4n) is 2.25. The Balaban J connectivity index is 2.19. The largest absolute Gasteiger partial charge is 0.390 e. The normalized spacial score (nSPS) is 18.4. The van der Waals surface area contributed by atoms with E-state index < -0.39 is 5.60 Å². The van der Waals surface area contributed by atoms with Crippen LogP contribution in [-0.2, 0) is 0 Å². The third kappa shape index (κ3) is 3.21. The molecule has 1 aliphatic rings. The number of aliphatic hydroxyl groups is 1. The monoisotopic (exact) mass is 298 g/mol. The average molecular weight is 298 g/mol. The molecule has 2 heterocycles. The molecule has 20 heavy (non-hydrogen) atoms. The van der Waals surface area contributed by atoms with Gasteiger partial charge < -0.3 is 21.1 Å². The van der Waals surface area contributed by atoms with Gasteiger partial charge >= 0.3 is 0 Å². The lowest BCUT2D eigenvalue weighted by Gasteiger charge is -2.36. The van der Waals surface area contributed by atoms with Gasteiger partial charge in [-0.25, -0.2) is 0 Å². The number of hydrogen-bond acceptors (Lipinski definition) is 6. The van der Waals surface area contributed by atoms with Crippen molar-refractivity contribution in [2.75, 3.05) is 23.7 Å². The molecule has 1 amide bonds. The molecule has 1 fully saturated rings. The second-order valence-corrected chi connectivity index (χ2v) is 6.61. The van der Waals surface area contributed by atoms with Crippen molar-refractivity contribution in [3.05, 3.63) is 5.56 Å². The van der Waals surface area contributed by atoms with Gasteiger partial charge in [0.1, 0.15) is 10.6 Å². The van der Waals surface area contributed by atoms with Gasteiger partial charge in [0.25, 0.3) is 5.91 Å². The van der Waals surface area contributed by atoms with Crippen molar-refractivity contribution in [3.63, 3.8) is 0 Å². The Labute approximate surface area is 123 Å². The van der Waals surface area contributed by atoms with Gasteiger partial charge in [-0.05, 0) is 45.1 Å². The van der Waals surface area contributed by atoms with Gasteiger partial charge in [0.2, 0.25) is 0 Å². The second kappa shape index (κ2) is 5.57. The van der Waals surface area contributed by atoms with Crippen LogP contribution in [-0.4, -0.2) is 40.1 Å². The molecule has 1 saturated heterocycles. The SMILES string of the molecule is CC(C)NC(=O)c1c(N)nsc1N1CCC(C)(O)CC1. The summed E-state index contributed by atoms with van der Waals surface area (Å²) in [4.78, 5) is 14.3. The van der Waals surface area contributed by atoms with Gasteiger partial charge in [0.05, 0.1) is 5.60 Å². The van der Waals surface area contributed by atoms with Crippen LogP contribution in [0.15, 0.2) is 0 Å². The molecule has 0 aliphatic carbocycles. The third-order valence-electron chi connectivity index (χ3n) is 3.48. The van der Waals surface area contributed by atoms with Crippen LogP contribution in [0.1, 0.15) is 44.0 Å². The molecule has 2 rings (SSSR count). The van der Waals surface area contributed by atoms with Crippen LogP contribution < -0.4 is 16.0 Å². The minimum absolute atomic E-state index is 0.0525.